The Morgan fingerprint density at radius 1 is 1.09 bits per heavy atom. The number of carbonyl (C=O) groups excluding carboxylic acids is 1. The number of carbonyl (C=O) groups is 1. The van der Waals surface area contributed by atoms with Gasteiger partial charge in [0.15, 0.2) is 5.69 Å². The Morgan fingerprint density at radius 2 is 1.91 bits per heavy atom. The van der Waals surface area contributed by atoms with Crippen LogP contribution in [-0.2, 0) is 0 Å². The van der Waals surface area contributed by atoms with Crippen LogP contribution in [0.25, 0.3) is 22.4 Å². The highest BCUT2D eigenvalue weighted by molar-refractivity contribution is 6.11. The predicted octanol–water partition coefficient (Wildman–Crippen LogP) is 3.47. The molecule has 0 aliphatic carbocycles. The Morgan fingerprint density at radius 3 is 2.70 bits per heavy atom. The number of fused-ring (bicyclic) bond motifs is 1. The minimum absolute atomic E-state index is 0.258. The summed E-state index contributed by atoms with van der Waals surface area (Å²) >= 11 is 0. The van der Waals surface area contributed by atoms with Crippen molar-refractivity contribution in [3.8, 4) is 11.5 Å². The summed E-state index contributed by atoms with van der Waals surface area (Å²) < 4.78 is 5.24. The van der Waals surface area contributed by atoms with E-state index in [-0.39, 0.29) is 5.91 Å². The van der Waals surface area contributed by atoms with Gasteiger partial charge in [-0.15, -0.1) is 0 Å². The molecule has 0 atom stereocenters. The van der Waals surface area contributed by atoms with E-state index in [1.54, 1.807) is 18.3 Å². The van der Waals surface area contributed by atoms with Crippen molar-refractivity contribution in [3.63, 3.8) is 0 Å². The van der Waals surface area contributed by atoms with Crippen molar-refractivity contribution in [1.82, 2.24) is 15.2 Å². The quantitative estimate of drug-likeness (QED) is 0.607. The monoisotopic (exact) mass is 304 g/mol. The summed E-state index contributed by atoms with van der Waals surface area (Å²) in [5.74, 6) is 0.285. The third kappa shape index (κ3) is 2.46. The Balaban J connectivity index is 1.57. The van der Waals surface area contributed by atoms with E-state index in [9.17, 15) is 4.79 Å². The number of anilines is 1. The zero-order valence-electron chi connectivity index (χ0n) is 12.0. The van der Waals surface area contributed by atoms with E-state index in [2.05, 4.69) is 20.5 Å². The van der Waals surface area contributed by atoms with Gasteiger partial charge in [0.2, 0.25) is 5.89 Å². The molecule has 2 aromatic heterocycles. The first kappa shape index (κ1) is 13.3. The number of benzene rings is 2. The number of amides is 1. The zero-order valence-corrected chi connectivity index (χ0v) is 12.0. The molecule has 0 saturated heterocycles. The molecule has 1 amide bonds. The van der Waals surface area contributed by atoms with Crippen LogP contribution in [0.5, 0.6) is 0 Å². The summed E-state index contributed by atoms with van der Waals surface area (Å²) in [6.07, 6.45) is 3.11. The van der Waals surface area contributed by atoms with Gasteiger partial charge in [0.1, 0.15) is 6.26 Å². The second-order valence-electron chi connectivity index (χ2n) is 4.99. The fourth-order valence-corrected chi connectivity index (χ4v) is 2.39. The second kappa shape index (κ2) is 5.42. The molecule has 0 saturated carbocycles. The lowest BCUT2D eigenvalue weighted by Gasteiger charge is -2.04. The molecule has 4 aromatic rings. The van der Waals surface area contributed by atoms with E-state index >= 15 is 0 Å². The van der Waals surface area contributed by atoms with Crippen LogP contribution in [0.3, 0.4) is 0 Å². The van der Waals surface area contributed by atoms with Crippen LogP contribution in [-0.4, -0.2) is 21.1 Å². The maximum atomic E-state index is 12.4. The average Bonchev–Trinajstić information content (AvgIpc) is 3.25. The van der Waals surface area contributed by atoms with E-state index in [1.165, 1.54) is 6.26 Å². The third-order valence-corrected chi connectivity index (χ3v) is 3.51. The van der Waals surface area contributed by atoms with Crippen LogP contribution < -0.4 is 5.32 Å². The van der Waals surface area contributed by atoms with Crippen molar-refractivity contribution in [1.29, 1.82) is 0 Å². The van der Waals surface area contributed by atoms with E-state index in [0.29, 0.717) is 17.3 Å². The zero-order chi connectivity index (χ0) is 15.6. The summed E-state index contributed by atoms with van der Waals surface area (Å²) in [6.45, 7) is 0. The first-order chi connectivity index (χ1) is 11.3. The lowest BCUT2D eigenvalue weighted by molar-refractivity contribution is 0.102. The molecule has 0 fully saturated rings. The number of aromatic amines is 1. The number of para-hydroxylation sites is 1. The van der Waals surface area contributed by atoms with Gasteiger partial charge in [-0.3, -0.25) is 9.89 Å². The fourth-order valence-electron chi connectivity index (χ4n) is 2.39. The van der Waals surface area contributed by atoms with E-state index in [0.717, 1.165) is 16.5 Å². The van der Waals surface area contributed by atoms with E-state index in [1.807, 2.05) is 36.4 Å². The van der Waals surface area contributed by atoms with Gasteiger partial charge in [0, 0.05) is 16.6 Å². The molecular formula is C17H12N4O2. The number of nitrogens with zero attached hydrogens (tertiary/aromatic N) is 2. The van der Waals surface area contributed by atoms with Gasteiger partial charge in [0.05, 0.1) is 11.7 Å². The molecule has 6 heteroatoms. The summed E-state index contributed by atoms with van der Waals surface area (Å²) in [5.41, 5.74) is 2.73. The SMILES string of the molecule is O=C(Nc1ccc(-c2ncco2)cc1)c1n[nH]c2ccccc12. The largest absolute Gasteiger partial charge is 0.445 e. The molecule has 0 bridgehead atoms. The van der Waals surface area contributed by atoms with Gasteiger partial charge in [0.25, 0.3) is 5.91 Å². The highest BCUT2D eigenvalue weighted by atomic mass is 16.3. The highest BCUT2D eigenvalue weighted by Crippen LogP contribution is 2.21. The van der Waals surface area contributed by atoms with Crippen molar-refractivity contribution in [3.05, 3.63) is 66.7 Å². The number of rotatable bonds is 3. The Kier molecular flexibility index (Phi) is 3.12. The van der Waals surface area contributed by atoms with Gasteiger partial charge in [-0.25, -0.2) is 4.98 Å². The van der Waals surface area contributed by atoms with Crippen LogP contribution in [0.4, 0.5) is 5.69 Å². The summed E-state index contributed by atoms with van der Waals surface area (Å²) in [7, 11) is 0. The van der Waals surface area contributed by atoms with E-state index < -0.39 is 0 Å². The Labute approximate surface area is 131 Å². The molecule has 0 spiro atoms. The lowest BCUT2D eigenvalue weighted by Crippen LogP contribution is -2.12. The fraction of sp³-hybridized carbons (Fsp3) is 0. The van der Waals surface area contributed by atoms with Crippen LogP contribution in [0.1, 0.15) is 10.5 Å². The van der Waals surface area contributed by atoms with Gasteiger partial charge in [-0.05, 0) is 30.3 Å². The number of hydrogen-bond acceptors (Lipinski definition) is 4. The van der Waals surface area contributed by atoms with Crippen molar-refractivity contribution < 1.29 is 9.21 Å². The third-order valence-electron chi connectivity index (χ3n) is 3.51. The minimum atomic E-state index is -0.258. The molecule has 2 aromatic carbocycles. The molecule has 4 rings (SSSR count). The molecule has 0 aliphatic heterocycles. The first-order valence-electron chi connectivity index (χ1n) is 7.06. The molecule has 0 unspecified atom stereocenters. The first-order valence-corrected chi connectivity index (χ1v) is 7.06. The number of oxazole rings is 1. The summed E-state index contributed by atoms with van der Waals surface area (Å²) in [4.78, 5) is 16.5. The molecule has 112 valence electrons. The maximum absolute atomic E-state index is 12.4. The lowest BCUT2D eigenvalue weighted by atomic mass is 10.2. The van der Waals surface area contributed by atoms with Crippen molar-refractivity contribution in [2.75, 3.05) is 5.32 Å². The summed E-state index contributed by atoms with van der Waals surface area (Å²) in [6, 6.07) is 14.8. The summed E-state index contributed by atoms with van der Waals surface area (Å²) in [5, 5.41) is 10.6. The maximum Gasteiger partial charge on any atom is 0.276 e. The van der Waals surface area contributed by atoms with Crippen LogP contribution >= 0.6 is 0 Å². The van der Waals surface area contributed by atoms with Gasteiger partial charge >= 0.3 is 0 Å². The standard InChI is InChI=1S/C17H12N4O2/c22-16(15-13-3-1-2-4-14(13)20-21-15)19-12-7-5-11(6-8-12)17-18-9-10-23-17/h1-10H,(H,19,22)(H,20,21). The molecule has 0 radical (unpaired) electrons. The van der Waals surface area contributed by atoms with Crippen LogP contribution in [0, 0.1) is 0 Å². The minimum Gasteiger partial charge on any atom is -0.445 e. The molecule has 23 heavy (non-hydrogen) atoms. The van der Waals surface area contributed by atoms with E-state index in [4.69, 9.17) is 4.42 Å². The second-order valence-corrected chi connectivity index (χ2v) is 4.99. The Hall–Kier alpha value is -3.41. The molecule has 0 aliphatic rings. The number of nitrogens with one attached hydrogen (secondary N) is 2. The highest BCUT2D eigenvalue weighted by Gasteiger charge is 2.14. The van der Waals surface area contributed by atoms with Crippen molar-refractivity contribution in [2.45, 2.75) is 0 Å². The number of aromatic nitrogens is 3. The van der Waals surface area contributed by atoms with Gasteiger partial charge in [-0.2, -0.15) is 5.10 Å². The molecule has 6 nitrogen and oxygen atoms in total. The van der Waals surface area contributed by atoms with Gasteiger partial charge < -0.3 is 9.73 Å². The smallest absolute Gasteiger partial charge is 0.276 e. The molecule has 2 heterocycles. The van der Waals surface area contributed by atoms with Crippen LogP contribution in [0.2, 0.25) is 0 Å². The van der Waals surface area contributed by atoms with Crippen molar-refractivity contribution >= 4 is 22.5 Å². The average molecular weight is 304 g/mol. The normalized spacial score (nSPS) is 10.8. The number of H-pyrrole nitrogens is 1. The van der Waals surface area contributed by atoms with Crippen molar-refractivity contribution in [2.24, 2.45) is 0 Å². The number of hydrogen-bond donors (Lipinski definition) is 2. The van der Waals surface area contributed by atoms with Gasteiger partial charge in [-0.1, -0.05) is 18.2 Å². The predicted molar refractivity (Wildman–Crippen MR) is 86.0 cm³/mol. The van der Waals surface area contributed by atoms with Crippen LogP contribution in [0.15, 0.2) is 65.4 Å². The molecular weight excluding hydrogens is 292 g/mol. The molecule has 2 N–H and O–H groups in total. The topological polar surface area (TPSA) is 83.8 Å². The Bertz CT molecular complexity index is 956.